The van der Waals surface area contributed by atoms with Crippen molar-refractivity contribution in [3.05, 3.63) is 234 Å². The molecule has 7 aromatic carbocycles. The number of para-hydroxylation sites is 1. The molecule has 0 spiro atoms. The zero-order valence-corrected chi connectivity index (χ0v) is 64.4. The largest absolute Gasteiger partial charge is 0.566 e. The van der Waals surface area contributed by atoms with Crippen molar-refractivity contribution in [1.82, 2.24) is 0 Å². The summed E-state index contributed by atoms with van der Waals surface area (Å²) in [5.74, 6) is 0.948. The highest BCUT2D eigenvalue weighted by molar-refractivity contribution is 7.30. The molecule has 19 nitrogen and oxygen atoms in total. The lowest BCUT2D eigenvalue weighted by Gasteiger charge is -2.43. The van der Waals surface area contributed by atoms with Gasteiger partial charge in [0, 0.05) is 51.0 Å². The molecule has 2 N–H and O–H groups in total. The summed E-state index contributed by atoms with van der Waals surface area (Å²) in [6.07, 6.45) is -2.18. The van der Waals surface area contributed by atoms with Crippen LogP contribution in [0.1, 0.15) is 102 Å². The standard InChI is InChI=1S/C38H40BFNO9P.C27H28BO7P.2C6H15N.C3H6/c1-44-29-17-13-27(14-18-29)38(26-9-5-4-6-10-26,28-15-19-30(45-2)20-16-28)47-25-33-34(50-51(42)43)35(36(39)48-33)49-37(46-3)21-23-41(24-22-37)32-12-8-7-11-31(32)40;1-18-25(35-36(29)30)24(34-26(18)28)17-33-27(19-7-5-4-6-8-19,20-9-13-22(31-2)14-10-20)21-11-15-23(32-3)16-12-21;2*1-4-7(5-2)6-3;1-3-2/h4-20,33-36H,21-25H2,1-3H3;4-16,18,24-26H,17H2,1-3H3;2*4-6H2,1-3H3;3H,1H2,2H3/p+2/t33-,34+,35?,36-;18?,24-,25-,26-;;;/m11.../s1. The van der Waals surface area contributed by atoms with Crippen LogP contribution in [0.25, 0.3) is 0 Å². The minimum atomic E-state index is -3.34. The number of allylic oxidation sites excluding steroid dienone is 1. The number of methoxy groups -OCH3 is 5. The number of rotatable bonds is 30. The first-order valence-electron chi connectivity index (χ1n) is 35.6. The van der Waals surface area contributed by atoms with E-state index in [-0.39, 0.29) is 24.9 Å². The van der Waals surface area contributed by atoms with Crippen molar-refractivity contribution in [2.45, 2.75) is 128 Å². The molecule has 3 heterocycles. The van der Waals surface area contributed by atoms with E-state index in [0.717, 1.165) is 33.4 Å². The molecule has 10 rings (SSSR count). The lowest BCUT2D eigenvalue weighted by Crippen LogP contribution is -3.11. The smallest absolute Gasteiger partial charge is 0.488 e. The molecule has 7 aromatic rings. The molecule has 3 aliphatic rings. The SMILES string of the molecule is C=CC.CC[NH+](CC)CC.CC[NH+](CC)CC.[B][C@@H]1O[C@H](COC(c2ccccc2)(c2ccc(OC)cc2)c2ccc(OC)cc2)[C@H](O[P+](=O)[O-])C1C.[B][C@@H]1O[C@H](COC(c2ccccc2)(c2ccc(OC)cc2)c2ccc(OC)cc2)[C@H](O[P+](=O)[O-])C1OC1(OC)CCN(c2ccccc2F)CC1. The number of hydrogen-bond acceptors (Lipinski definition) is 17. The summed E-state index contributed by atoms with van der Waals surface area (Å²) in [6, 6.07) is 54.6. The second-order valence-electron chi connectivity index (χ2n) is 25.0. The molecule has 0 aromatic heterocycles. The number of nitrogens with one attached hydrogen (secondary N) is 2. The van der Waals surface area contributed by atoms with E-state index < -0.39 is 76.0 Å². The third-order valence-corrected chi connectivity index (χ3v) is 20.0. The van der Waals surface area contributed by atoms with E-state index in [1.165, 1.54) is 52.4 Å². The van der Waals surface area contributed by atoms with Crippen LogP contribution in [0.15, 0.2) is 195 Å². The zero-order valence-electron chi connectivity index (χ0n) is 62.6. The van der Waals surface area contributed by atoms with Crippen LogP contribution < -0.4 is 43.4 Å². The maximum Gasteiger partial charge on any atom is 0.488 e. The van der Waals surface area contributed by atoms with Crippen molar-refractivity contribution >= 4 is 37.9 Å². The molecular formula is C80H106B2FN3O16P2+2. The Morgan fingerprint density at radius 1 is 0.519 bits per heavy atom. The van der Waals surface area contributed by atoms with Crippen molar-refractivity contribution in [1.29, 1.82) is 0 Å². The molecule has 0 amide bonds. The van der Waals surface area contributed by atoms with Gasteiger partial charge in [-0.1, -0.05) is 134 Å². The second kappa shape index (κ2) is 43.6. The average molecular weight is 1470 g/mol. The third kappa shape index (κ3) is 22.8. The average Bonchev–Trinajstić information content (AvgIpc) is 0.794. The molecule has 0 saturated carbocycles. The highest BCUT2D eigenvalue weighted by Crippen LogP contribution is 2.46. The Morgan fingerprint density at radius 3 is 1.15 bits per heavy atom. The van der Waals surface area contributed by atoms with Crippen LogP contribution >= 0.6 is 16.5 Å². The highest BCUT2D eigenvalue weighted by Gasteiger charge is 2.53. The molecule has 3 aliphatic heterocycles. The summed E-state index contributed by atoms with van der Waals surface area (Å²) in [4.78, 5) is 28.8. The van der Waals surface area contributed by atoms with E-state index in [1.807, 2.05) is 170 Å². The van der Waals surface area contributed by atoms with Gasteiger partial charge in [0.25, 0.3) is 0 Å². The first kappa shape index (κ1) is 86.0. The van der Waals surface area contributed by atoms with Gasteiger partial charge in [0.2, 0.25) is 0 Å². The molecule has 4 unspecified atom stereocenters. The predicted molar refractivity (Wildman–Crippen MR) is 403 cm³/mol. The van der Waals surface area contributed by atoms with Gasteiger partial charge >= 0.3 is 16.5 Å². The van der Waals surface area contributed by atoms with Gasteiger partial charge in [0.15, 0.2) is 11.9 Å². The van der Waals surface area contributed by atoms with E-state index in [0.29, 0.717) is 54.6 Å². The number of piperidine rings is 1. The first-order chi connectivity index (χ1) is 50.2. The van der Waals surface area contributed by atoms with Gasteiger partial charge in [-0.25, -0.2) is 4.39 Å². The molecular weight excluding hydrogens is 1360 g/mol. The van der Waals surface area contributed by atoms with Crippen molar-refractivity contribution in [2.24, 2.45) is 5.92 Å². The highest BCUT2D eigenvalue weighted by atomic mass is 31.1. The van der Waals surface area contributed by atoms with Crippen LogP contribution in [0.5, 0.6) is 23.0 Å². The molecule has 24 heteroatoms. The molecule has 3 fully saturated rings. The van der Waals surface area contributed by atoms with E-state index in [4.69, 9.17) is 72.1 Å². The normalized spacial score (nSPS) is 20.0. The van der Waals surface area contributed by atoms with Gasteiger partial charge in [-0.2, -0.15) is 0 Å². The Morgan fingerprint density at radius 2 is 0.837 bits per heavy atom. The Kier molecular flexibility index (Phi) is 36.1. The fourth-order valence-corrected chi connectivity index (χ4v) is 14.0. The topological polar surface area (TPSA) is 203 Å². The predicted octanol–water partition coefficient (Wildman–Crippen LogP) is 10.5. The van der Waals surface area contributed by atoms with Gasteiger partial charge in [-0.05, 0) is 152 Å². The summed E-state index contributed by atoms with van der Waals surface area (Å²) >= 11 is 0. The zero-order chi connectivity index (χ0) is 75.8. The Hall–Kier alpha value is -6.94. The Labute approximate surface area is 620 Å². The maximum atomic E-state index is 14.6. The minimum Gasteiger partial charge on any atom is -0.566 e. The summed E-state index contributed by atoms with van der Waals surface area (Å²) in [6.45, 7) is 28.8. The Bertz CT molecular complexity index is 3490. The Balaban J connectivity index is 0.000000276. The first-order valence-corrected chi connectivity index (χ1v) is 37.8. The van der Waals surface area contributed by atoms with E-state index in [2.05, 4.69) is 48.1 Å². The van der Waals surface area contributed by atoms with Crippen molar-refractivity contribution in [2.75, 3.05) is 106 Å². The number of ether oxygens (including phenoxy) is 10. The van der Waals surface area contributed by atoms with Gasteiger partial charge in [-0.15, -0.1) is 15.6 Å². The van der Waals surface area contributed by atoms with Gasteiger partial charge < -0.3 is 71.9 Å². The number of hydrogen-bond donors (Lipinski definition) is 2. The van der Waals surface area contributed by atoms with E-state index in [9.17, 15) is 23.3 Å². The lowest BCUT2D eigenvalue weighted by molar-refractivity contribution is -0.894. The van der Waals surface area contributed by atoms with Crippen LogP contribution in [0, 0.1) is 11.7 Å². The fraction of sp³-hybridized carbons (Fsp3) is 0.450. The molecule has 10 atom stereocenters. The molecule has 3 saturated heterocycles. The summed E-state index contributed by atoms with van der Waals surface area (Å²) in [5.41, 5.74) is 3.16. The maximum absolute atomic E-state index is 14.6. The fourth-order valence-electron chi connectivity index (χ4n) is 13.1. The van der Waals surface area contributed by atoms with Crippen LogP contribution in [0.3, 0.4) is 0 Å². The van der Waals surface area contributed by atoms with E-state index >= 15 is 0 Å². The van der Waals surface area contributed by atoms with Gasteiger partial charge in [-0.3, -0.25) is 0 Å². The van der Waals surface area contributed by atoms with Gasteiger partial charge in [0.1, 0.15) is 80.1 Å². The van der Waals surface area contributed by atoms with Crippen molar-refractivity contribution in [3.8, 4) is 23.0 Å². The molecule has 0 aliphatic carbocycles. The lowest BCUT2D eigenvalue weighted by atomic mass is 9.80. The molecule has 0 bridgehead atoms. The van der Waals surface area contributed by atoms with Crippen LogP contribution in [0.2, 0.25) is 0 Å². The number of anilines is 1. The van der Waals surface area contributed by atoms with Gasteiger partial charge in [0.05, 0.1) is 86.6 Å². The number of nitrogens with zero attached hydrogens (tertiary/aromatic N) is 1. The monoisotopic (exact) mass is 1470 g/mol. The summed E-state index contributed by atoms with van der Waals surface area (Å²) in [7, 11) is 14.1. The third-order valence-electron chi connectivity index (χ3n) is 19.2. The summed E-state index contributed by atoms with van der Waals surface area (Å²) < 4.78 is 109. The van der Waals surface area contributed by atoms with Crippen LogP contribution in [-0.2, 0) is 57.8 Å². The second-order valence-corrected chi connectivity index (χ2v) is 26.3. The minimum absolute atomic E-state index is 0.0266. The molecule has 558 valence electrons. The molecule has 4 radical (unpaired) electrons. The number of benzene rings is 7. The molecule has 104 heavy (non-hydrogen) atoms. The number of quaternary nitrogens is 2. The van der Waals surface area contributed by atoms with Crippen LogP contribution in [-0.4, -0.2) is 165 Å². The van der Waals surface area contributed by atoms with E-state index in [1.54, 1.807) is 69.4 Å². The van der Waals surface area contributed by atoms with Crippen molar-refractivity contribution < 1.29 is 89.5 Å². The quantitative estimate of drug-likeness (QED) is 0.0141. The summed E-state index contributed by atoms with van der Waals surface area (Å²) in [5, 5.41) is 0. The number of halogens is 1. The van der Waals surface area contributed by atoms with Crippen LogP contribution in [0.4, 0.5) is 10.1 Å². The van der Waals surface area contributed by atoms with Crippen molar-refractivity contribution in [3.63, 3.8) is 0 Å².